The van der Waals surface area contributed by atoms with Gasteiger partial charge in [0.25, 0.3) is 23.6 Å². The molecule has 254 valence electrons. The summed E-state index contributed by atoms with van der Waals surface area (Å²) in [4.78, 5) is 57.7. The fourth-order valence-corrected chi connectivity index (χ4v) is 5.10. The Labute approximate surface area is 286 Å². The molecule has 4 rings (SSSR count). The highest BCUT2D eigenvalue weighted by Crippen LogP contribution is 2.19. The minimum atomic E-state index is -0.616. The first-order valence-electron chi connectivity index (χ1n) is 14.7. The van der Waals surface area contributed by atoms with E-state index in [1.54, 1.807) is 37.0 Å². The number of nitrogens with one attached hydrogen (secondary N) is 5. The summed E-state index contributed by atoms with van der Waals surface area (Å²) >= 11 is 11.8. The van der Waals surface area contributed by atoms with Crippen LogP contribution in [0.4, 0.5) is 23.0 Å². The van der Waals surface area contributed by atoms with Crippen molar-refractivity contribution in [3.8, 4) is 0 Å². The predicted molar refractivity (Wildman–Crippen MR) is 185 cm³/mol. The zero-order valence-corrected chi connectivity index (χ0v) is 28.0. The van der Waals surface area contributed by atoms with Crippen molar-refractivity contribution in [2.75, 3.05) is 52.2 Å². The molecule has 0 aliphatic heterocycles. The van der Waals surface area contributed by atoms with Crippen LogP contribution in [0.15, 0.2) is 48.8 Å². The van der Waals surface area contributed by atoms with Gasteiger partial charge >= 0.3 is 0 Å². The van der Waals surface area contributed by atoms with Crippen molar-refractivity contribution in [1.29, 1.82) is 5.41 Å². The van der Waals surface area contributed by atoms with Gasteiger partial charge in [0.05, 0.1) is 11.5 Å². The molecule has 0 radical (unpaired) electrons. The number of carbonyl (C=O) groups is 4. The molecule has 0 bridgehead atoms. The Bertz CT molecular complexity index is 1810. The summed E-state index contributed by atoms with van der Waals surface area (Å²) in [5.41, 5.74) is 7.39. The van der Waals surface area contributed by atoms with Gasteiger partial charge < -0.3 is 41.0 Å². The Morgan fingerprint density at radius 3 is 2.15 bits per heavy atom. The van der Waals surface area contributed by atoms with Crippen LogP contribution in [-0.2, 0) is 21.1 Å². The maximum Gasteiger partial charge on any atom is 0.292 e. The zero-order valence-electron chi connectivity index (χ0n) is 26.5. The Morgan fingerprint density at radius 2 is 1.50 bits per heavy atom. The molecule has 1 aromatic carbocycles. The summed E-state index contributed by atoms with van der Waals surface area (Å²) in [5, 5.41) is 22.2. The third kappa shape index (κ3) is 8.92. The van der Waals surface area contributed by atoms with Crippen molar-refractivity contribution >= 4 is 75.7 Å². The van der Waals surface area contributed by atoms with Crippen molar-refractivity contribution in [3.63, 3.8) is 0 Å². The SMILES string of the molecule is Cn1cc(NC(=O)c2cc(NC(=O)c3nc(NC(=O)c4ccc(N(CCCl)CCCl)cc4)cn3C)nn2C)cc1C(=O)NCCC(=N)N. The van der Waals surface area contributed by atoms with Crippen molar-refractivity contribution in [3.05, 3.63) is 71.6 Å². The molecule has 7 N–H and O–H groups in total. The van der Waals surface area contributed by atoms with E-state index in [1.165, 1.54) is 34.6 Å². The number of hydrogen-bond donors (Lipinski definition) is 6. The molecule has 48 heavy (non-hydrogen) atoms. The number of nitrogens with zero attached hydrogens (tertiary/aromatic N) is 6. The number of amides is 4. The minimum Gasteiger partial charge on any atom is -0.388 e. The van der Waals surface area contributed by atoms with Crippen molar-refractivity contribution < 1.29 is 19.2 Å². The Kier molecular flexibility index (Phi) is 11.8. The van der Waals surface area contributed by atoms with Crippen molar-refractivity contribution in [2.24, 2.45) is 26.9 Å². The average Bonchev–Trinajstić information content (AvgIpc) is 3.71. The van der Waals surface area contributed by atoms with E-state index in [4.69, 9.17) is 34.3 Å². The molecule has 0 saturated heterocycles. The third-order valence-electron chi connectivity index (χ3n) is 7.05. The van der Waals surface area contributed by atoms with Gasteiger partial charge in [-0.3, -0.25) is 29.3 Å². The first kappa shape index (κ1) is 35.5. The maximum absolute atomic E-state index is 13.1. The molecule has 3 aromatic heterocycles. The average molecular weight is 700 g/mol. The lowest BCUT2D eigenvalue weighted by Gasteiger charge is -2.22. The molecule has 0 unspecified atom stereocenters. The van der Waals surface area contributed by atoms with Crippen LogP contribution >= 0.6 is 23.2 Å². The number of imidazole rings is 1. The number of amidine groups is 1. The standard InChI is InChI=1S/C30H36Cl2N12O4/c1-41-16-19(14-21(41)28(46)35-11-8-23(33)34)36-29(47)22-15-24(40-43(22)3)38-30(48)26-37-25(17-42(26)2)39-27(45)18-4-6-20(7-5-18)44(12-9-31)13-10-32/h4-7,14-17H,8-13H2,1-3H3,(H3,33,34)(H,35,46)(H,36,47)(H,39,45)(H,38,40,48). The molecule has 0 fully saturated rings. The van der Waals surface area contributed by atoms with E-state index in [-0.39, 0.29) is 47.9 Å². The quantitative estimate of drug-likeness (QED) is 0.0616. The van der Waals surface area contributed by atoms with Crippen LogP contribution in [0.1, 0.15) is 48.4 Å². The van der Waals surface area contributed by atoms with Crippen LogP contribution in [-0.4, -0.2) is 84.8 Å². The second-order valence-electron chi connectivity index (χ2n) is 10.6. The smallest absolute Gasteiger partial charge is 0.292 e. The van der Waals surface area contributed by atoms with E-state index in [2.05, 4.69) is 31.3 Å². The van der Waals surface area contributed by atoms with Gasteiger partial charge in [0.2, 0.25) is 5.82 Å². The summed E-state index contributed by atoms with van der Waals surface area (Å²) in [6, 6.07) is 9.87. The van der Waals surface area contributed by atoms with Gasteiger partial charge in [-0.25, -0.2) is 4.98 Å². The molecular weight excluding hydrogens is 663 g/mol. The Morgan fingerprint density at radius 1 is 0.833 bits per heavy atom. The van der Waals surface area contributed by atoms with Crippen molar-refractivity contribution in [2.45, 2.75) is 6.42 Å². The second kappa shape index (κ2) is 16.0. The van der Waals surface area contributed by atoms with Crippen LogP contribution in [0.5, 0.6) is 0 Å². The minimum absolute atomic E-state index is 0.00603. The fraction of sp³-hybridized carbons (Fsp3) is 0.300. The molecule has 18 heteroatoms. The second-order valence-corrected chi connectivity index (χ2v) is 11.4. The first-order chi connectivity index (χ1) is 22.9. The number of alkyl halides is 2. The fourth-order valence-electron chi connectivity index (χ4n) is 4.69. The normalized spacial score (nSPS) is 10.8. The number of carbonyl (C=O) groups excluding carboxylic acids is 4. The highest BCUT2D eigenvalue weighted by Gasteiger charge is 2.21. The van der Waals surface area contributed by atoms with E-state index >= 15 is 0 Å². The lowest BCUT2D eigenvalue weighted by Crippen LogP contribution is -2.28. The summed E-state index contributed by atoms with van der Waals surface area (Å²) in [6.07, 6.45) is 3.29. The van der Waals surface area contributed by atoms with E-state index in [1.807, 2.05) is 17.0 Å². The van der Waals surface area contributed by atoms with Crippen LogP contribution in [0, 0.1) is 5.41 Å². The number of benzene rings is 1. The summed E-state index contributed by atoms with van der Waals surface area (Å²) in [7, 11) is 4.79. The molecule has 4 amide bonds. The van der Waals surface area contributed by atoms with Crippen LogP contribution in [0.2, 0.25) is 0 Å². The van der Waals surface area contributed by atoms with Crippen molar-refractivity contribution in [1.82, 2.24) is 29.2 Å². The molecular formula is C30H36Cl2N12O4. The summed E-state index contributed by atoms with van der Waals surface area (Å²) in [5.74, 6) is -0.844. The van der Waals surface area contributed by atoms with E-state index in [0.717, 1.165) is 5.69 Å². The van der Waals surface area contributed by atoms with Gasteiger partial charge in [0.1, 0.15) is 11.4 Å². The van der Waals surface area contributed by atoms with Gasteiger partial charge in [-0.1, -0.05) is 0 Å². The predicted octanol–water partition coefficient (Wildman–Crippen LogP) is 2.59. The Hall–Kier alpha value is -5.35. The highest BCUT2D eigenvalue weighted by atomic mass is 35.5. The Balaban J connectivity index is 1.37. The molecule has 0 saturated carbocycles. The molecule has 0 spiro atoms. The zero-order chi connectivity index (χ0) is 35.0. The van der Waals surface area contributed by atoms with E-state index < -0.39 is 17.7 Å². The highest BCUT2D eigenvalue weighted by molar-refractivity contribution is 6.18. The number of hydrogen-bond acceptors (Lipinski definition) is 8. The van der Waals surface area contributed by atoms with Gasteiger partial charge in [-0.2, -0.15) is 5.10 Å². The molecule has 0 atom stereocenters. The summed E-state index contributed by atoms with van der Waals surface area (Å²) in [6.45, 7) is 1.44. The number of aromatic nitrogens is 5. The monoisotopic (exact) mass is 698 g/mol. The summed E-state index contributed by atoms with van der Waals surface area (Å²) < 4.78 is 4.29. The van der Waals surface area contributed by atoms with Gasteiger partial charge in [-0.05, 0) is 30.3 Å². The first-order valence-corrected chi connectivity index (χ1v) is 15.7. The molecule has 0 aliphatic rings. The number of halogens is 2. The molecule has 16 nitrogen and oxygen atoms in total. The lowest BCUT2D eigenvalue weighted by molar-refractivity contribution is 0.0944. The van der Waals surface area contributed by atoms with E-state index in [0.29, 0.717) is 41.8 Å². The lowest BCUT2D eigenvalue weighted by atomic mass is 10.2. The van der Waals surface area contributed by atoms with Gasteiger partial charge in [0, 0.05) is 88.7 Å². The van der Waals surface area contributed by atoms with E-state index in [9.17, 15) is 19.2 Å². The van der Waals surface area contributed by atoms with Crippen LogP contribution in [0.3, 0.4) is 0 Å². The largest absolute Gasteiger partial charge is 0.388 e. The molecule has 0 aliphatic carbocycles. The molecule has 4 aromatic rings. The number of rotatable bonds is 15. The maximum atomic E-state index is 13.1. The topological polar surface area (TPSA) is 210 Å². The molecule has 3 heterocycles. The van der Waals surface area contributed by atoms with Gasteiger partial charge in [0.15, 0.2) is 11.6 Å². The number of aryl methyl sites for hydroxylation is 3. The third-order valence-corrected chi connectivity index (χ3v) is 7.39. The number of nitrogens with two attached hydrogens (primary N) is 1. The van der Waals surface area contributed by atoms with Gasteiger partial charge in [-0.15, -0.1) is 23.2 Å². The van der Waals surface area contributed by atoms with Crippen LogP contribution in [0.25, 0.3) is 0 Å². The van der Waals surface area contributed by atoms with Crippen LogP contribution < -0.4 is 31.9 Å². The number of anilines is 4.